The molecule has 0 amide bonds. The number of imidazole rings is 1. The fourth-order valence-electron chi connectivity index (χ4n) is 2.39. The van der Waals surface area contributed by atoms with Crippen molar-refractivity contribution in [2.45, 2.75) is 0 Å². The van der Waals surface area contributed by atoms with E-state index in [1.165, 1.54) is 18.2 Å². The Labute approximate surface area is 135 Å². The minimum atomic E-state index is -1.42. The summed E-state index contributed by atoms with van der Waals surface area (Å²) >= 11 is 0. The number of nitrogens with one attached hydrogen (secondary N) is 1. The van der Waals surface area contributed by atoms with Crippen molar-refractivity contribution >= 4 is 28.3 Å². The number of aromatic carboxylic acids is 1. The van der Waals surface area contributed by atoms with Gasteiger partial charge < -0.3 is 20.3 Å². The van der Waals surface area contributed by atoms with Crippen LogP contribution in [0.2, 0.25) is 0 Å². The number of aliphatic hydroxyl groups excluding tert-OH is 1. The molecule has 0 fully saturated rings. The number of allylic oxidation sites excluding steroid dienone is 1. The van der Waals surface area contributed by atoms with Gasteiger partial charge in [-0.1, -0.05) is 24.3 Å². The first-order valence-corrected chi connectivity index (χ1v) is 6.87. The summed E-state index contributed by atoms with van der Waals surface area (Å²) < 4.78 is 0. The smallest absolute Gasteiger partial charge is 0.340 e. The lowest BCUT2D eigenvalue weighted by Crippen LogP contribution is -2.04. The van der Waals surface area contributed by atoms with Gasteiger partial charge in [-0.15, -0.1) is 0 Å². The summed E-state index contributed by atoms with van der Waals surface area (Å²) in [6, 6.07) is 12.8. The predicted octanol–water partition coefficient (Wildman–Crippen LogP) is 2.92. The molecule has 118 valence electrons. The van der Waals surface area contributed by atoms with Crippen molar-refractivity contribution in [3.63, 3.8) is 0 Å². The largest absolute Gasteiger partial charge is 0.507 e. The van der Waals surface area contributed by atoms with Crippen LogP contribution in [-0.2, 0) is 0 Å². The molecule has 0 aliphatic rings. The second kappa shape index (κ2) is 5.78. The minimum absolute atomic E-state index is 0.107. The molecule has 24 heavy (non-hydrogen) atoms. The molecule has 7 heteroatoms. The van der Waals surface area contributed by atoms with Crippen LogP contribution in [0.5, 0.6) is 5.75 Å². The number of nitrogens with zero attached hydrogens (tertiary/aromatic N) is 2. The van der Waals surface area contributed by atoms with E-state index in [-0.39, 0.29) is 17.0 Å². The zero-order chi connectivity index (χ0) is 17.3. The van der Waals surface area contributed by atoms with E-state index in [1.54, 1.807) is 24.3 Å². The quantitative estimate of drug-likeness (QED) is 0.433. The SMILES string of the molecule is N#C/C(=C(/O)c1cccc(O)c1C(=O)O)c1nc2ccccc2[nH]1. The van der Waals surface area contributed by atoms with Gasteiger partial charge in [0.1, 0.15) is 28.7 Å². The van der Waals surface area contributed by atoms with Crippen LogP contribution in [0.1, 0.15) is 21.7 Å². The van der Waals surface area contributed by atoms with Gasteiger partial charge in [0.2, 0.25) is 0 Å². The van der Waals surface area contributed by atoms with E-state index in [1.807, 2.05) is 6.07 Å². The molecule has 3 aromatic rings. The predicted molar refractivity (Wildman–Crippen MR) is 86.2 cm³/mol. The first-order valence-electron chi connectivity index (χ1n) is 6.87. The molecule has 2 aromatic carbocycles. The van der Waals surface area contributed by atoms with Gasteiger partial charge >= 0.3 is 5.97 Å². The Kier molecular flexibility index (Phi) is 3.64. The first-order chi connectivity index (χ1) is 11.5. The molecule has 3 rings (SSSR count). The number of hydrogen-bond donors (Lipinski definition) is 4. The molecule has 0 saturated heterocycles. The number of rotatable bonds is 3. The molecule has 1 aromatic heterocycles. The fraction of sp³-hybridized carbons (Fsp3) is 0. The molecule has 0 saturated carbocycles. The molecule has 0 atom stereocenters. The maximum Gasteiger partial charge on any atom is 0.340 e. The topological polar surface area (TPSA) is 130 Å². The number of phenols is 1. The summed E-state index contributed by atoms with van der Waals surface area (Å²) in [6.07, 6.45) is 0. The van der Waals surface area contributed by atoms with Crippen LogP contribution >= 0.6 is 0 Å². The Hall–Kier alpha value is -3.79. The van der Waals surface area contributed by atoms with E-state index in [0.717, 1.165) is 0 Å². The van der Waals surface area contributed by atoms with Crippen LogP contribution in [0.3, 0.4) is 0 Å². The molecule has 0 spiro atoms. The number of carbonyl (C=O) groups is 1. The molecular weight excluding hydrogens is 310 g/mol. The lowest BCUT2D eigenvalue weighted by Gasteiger charge is -2.08. The number of benzene rings is 2. The number of hydrogen-bond acceptors (Lipinski definition) is 5. The third-order valence-electron chi connectivity index (χ3n) is 3.49. The van der Waals surface area contributed by atoms with E-state index in [0.29, 0.717) is 11.0 Å². The standard InChI is InChI=1S/C17H11N3O4/c18-8-10(16-19-11-5-1-2-6-12(11)20-16)15(22)9-4-3-7-13(21)14(9)17(23)24/h1-7,21-22H,(H,19,20)(H,23,24)/b15-10-. The monoisotopic (exact) mass is 321 g/mol. The normalized spacial score (nSPS) is 11.8. The van der Waals surface area contributed by atoms with Crippen LogP contribution in [0, 0.1) is 11.3 Å². The number of para-hydroxylation sites is 2. The molecule has 0 aliphatic carbocycles. The van der Waals surface area contributed by atoms with Crippen molar-refractivity contribution in [3.8, 4) is 11.8 Å². The van der Waals surface area contributed by atoms with Crippen LogP contribution in [0.15, 0.2) is 42.5 Å². The molecular formula is C17H11N3O4. The van der Waals surface area contributed by atoms with Gasteiger partial charge in [-0.05, 0) is 18.2 Å². The third kappa shape index (κ3) is 2.42. The minimum Gasteiger partial charge on any atom is -0.507 e. The van der Waals surface area contributed by atoms with Gasteiger partial charge in [-0.3, -0.25) is 0 Å². The lowest BCUT2D eigenvalue weighted by atomic mass is 10.0. The van der Waals surface area contributed by atoms with Crippen molar-refractivity contribution in [1.29, 1.82) is 5.26 Å². The Bertz CT molecular complexity index is 995. The highest BCUT2D eigenvalue weighted by molar-refractivity contribution is 6.02. The van der Waals surface area contributed by atoms with E-state index in [4.69, 9.17) is 0 Å². The van der Waals surface area contributed by atoms with Gasteiger partial charge in [-0.2, -0.15) is 5.26 Å². The van der Waals surface area contributed by atoms with Crippen molar-refractivity contribution in [1.82, 2.24) is 9.97 Å². The fourth-order valence-corrected chi connectivity index (χ4v) is 2.39. The maximum atomic E-state index is 11.3. The summed E-state index contributed by atoms with van der Waals surface area (Å²) in [7, 11) is 0. The van der Waals surface area contributed by atoms with Gasteiger partial charge in [0, 0.05) is 5.56 Å². The number of aliphatic hydroxyl groups is 1. The average Bonchev–Trinajstić information content (AvgIpc) is 2.98. The molecule has 7 nitrogen and oxygen atoms in total. The zero-order valence-corrected chi connectivity index (χ0v) is 12.2. The second-order valence-corrected chi connectivity index (χ2v) is 4.94. The van der Waals surface area contributed by atoms with Gasteiger partial charge in [0.05, 0.1) is 11.0 Å². The summed E-state index contributed by atoms with van der Waals surface area (Å²) in [6.45, 7) is 0. The molecule has 0 radical (unpaired) electrons. The number of aromatic nitrogens is 2. The highest BCUT2D eigenvalue weighted by Gasteiger charge is 2.22. The van der Waals surface area contributed by atoms with Crippen molar-refractivity contribution in [2.75, 3.05) is 0 Å². The second-order valence-electron chi connectivity index (χ2n) is 4.94. The van der Waals surface area contributed by atoms with E-state index >= 15 is 0 Å². The first kappa shape index (κ1) is 15.1. The van der Waals surface area contributed by atoms with Crippen LogP contribution < -0.4 is 0 Å². The lowest BCUT2D eigenvalue weighted by molar-refractivity contribution is 0.0693. The van der Waals surface area contributed by atoms with Crippen molar-refractivity contribution < 1.29 is 20.1 Å². The summed E-state index contributed by atoms with van der Waals surface area (Å²) in [5.74, 6) is -2.40. The zero-order valence-electron chi connectivity index (χ0n) is 12.2. The van der Waals surface area contributed by atoms with E-state index in [9.17, 15) is 25.4 Å². The molecule has 0 aliphatic heterocycles. The third-order valence-corrected chi connectivity index (χ3v) is 3.49. The number of aromatic amines is 1. The van der Waals surface area contributed by atoms with Crippen molar-refractivity contribution in [2.24, 2.45) is 0 Å². The van der Waals surface area contributed by atoms with E-state index in [2.05, 4.69) is 9.97 Å². The van der Waals surface area contributed by atoms with Gasteiger partial charge in [-0.25, -0.2) is 9.78 Å². The van der Waals surface area contributed by atoms with E-state index < -0.39 is 23.0 Å². The Morgan fingerprint density at radius 3 is 2.54 bits per heavy atom. The Morgan fingerprint density at radius 2 is 1.88 bits per heavy atom. The average molecular weight is 321 g/mol. The number of fused-ring (bicyclic) bond motifs is 1. The molecule has 0 bridgehead atoms. The van der Waals surface area contributed by atoms with Crippen LogP contribution in [-0.4, -0.2) is 31.3 Å². The number of carboxylic acids is 1. The Balaban J connectivity index is 2.24. The molecule has 4 N–H and O–H groups in total. The highest BCUT2D eigenvalue weighted by atomic mass is 16.4. The summed E-state index contributed by atoms with van der Waals surface area (Å²) in [4.78, 5) is 18.5. The maximum absolute atomic E-state index is 11.3. The summed E-state index contributed by atoms with van der Waals surface area (Å²) in [5.41, 5.74) is 0.391. The van der Waals surface area contributed by atoms with Crippen molar-refractivity contribution in [3.05, 3.63) is 59.4 Å². The number of carboxylic acid groups (broad SMARTS) is 1. The number of nitriles is 1. The van der Waals surface area contributed by atoms with Gasteiger partial charge in [0.15, 0.2) is 5.82 Å². The molecule has 1 heterocycles. The van der Waals surface area contributed by atoms with Crippen LogP contribution in [0.25, 0.3) is 22.4 Å². The van der Waals surface area contributed by atoms with Crippen LogP contribution in [0.4, 0.5) is 0 Å². The molecule has 0 unspecified atom stereocenters. The number of aromatic hydroxyl groups is 1. The highest BCUT2D eigenvalue weighted by Crippen LogP contribution is 2.30. The van der Waals surface area contributed by atoms with Gasteiger partial charge in [0.25, 0.3) is 0 Å². The Morgan fingerprint density at radius 1 is 1.12 bits per heavy atom. The number of H-pyrrole nitrogens is 1. The summed E-state index contributed by atoms with van der Waals surface area (Å²) in [5, 5.41) is 38.8.